The molecule has 4 aromatic carbocycles. The predicted molar refractivity (Wildman–Crippen MR) is 134 cm³/mol. The lowest BCUT2D eigenvalue weighted by Gasteiger charge is -2.20. The summed E-state index contributed by atoms with van der Waals surface area (Å²) in [6.45, 7) is 2.08. The first-order valence-electron chi connectivity index (χ1n) is 12.1. The first-order chi connectivity index (χ1) is 19.0. The van der Waals surface area contributed by atoms with Crippen LogP contribution in [0.2, 0.25) is 0 Å². The maximum atomic E-state index is 14.8. The average molecular weight is 560 g/mol. The molecule has 0 saturated carbocycles. The van der Waals surface area contributed by atoms with Gasteiger partial charge in [-0.3, -0.25) is 0 Å². The van der Waals surface area contributed by atoms with Crippen molar-refractivity contribution in [2.45, 2.75) is 32.3 Å². The molecule has 0 fully saturated rings. The van der Waals surface area contributed by atoms with E-state index in [1.165, 1.54) is 0 Å². The van der Waals surface area contributed by atoms with Crippen LogP contribution in [0.1, 0.15) is 42.0 Å². The molecule has 0 spiro atoms. The zero-order valence-electron chi connectivity index (χ0n) is 20.9. The zero-order valence-corrected chi connectivity index (χ0v) is 20.9. The second-order valence-corrected chi connectivity index (χ2v) is 8.88. The predicted octanol–water partition coefficient (Wildman–Crippen LogP) is 9.06. The van der Waals surface area contributed by atoms with Crippen LogP contribution in [-0.2, 0) is 12.5 Å². The number of halogens is 8. The van der Waals surface area contributed by atoms with E-state index in [0.717, 1.165) is 37.0 Å². The van der Waals surface area contributed by atoms with Crippen molar-refractivity contribution < 1.29 is 39.9 Å². The molecule has 0 atom stereocenters. The Bertz CT molecular complexity index is 1550. The van der Waals surface area contributed by atoms with Gasteiger partial charge in [-0.25, -0.2) is 26.3 Å². The molecular formula is C31H20F8O. The van der Waals surface area contributed by atoms with Crippen LogP contribution in [0.3, 0.4) is 0 Å². The summed E-state index contributed by atoms with van der Waals surface area (Å²) in [5.41, 5.74) is -1.10. The van der Waals surface area contributed by atoms with Crippen molar-refractivity contribution in [1.29, 1.82) is 0 Å². The molecule has 1 nitrogen and oxygen atoms in total. The minimum atomic E-state index is -4.57. The molecule has 0 bridgehead atoms. The Balaban J connectivity index is 1.54. The van der Waals surface area contributed by atoms with Crippen molar-refractivity contribution in [1.82, 2.24) is 0 Å². The largest absolute Gasteiger partial charge is 0.432 e. The van der Waals surface area contributed by atoms with Crippen LogP contribution in [0.4, 0.5) is 35.1 Å². The molecule has 0 amide bonds. The van der Waals surface area contributed by atoms with E-state index in [2.05, 4.69) is 23.5 Å². The third-order valence-corrected chi connectivity index (χ3v) is 5.94. The molecule has 0 radical (unpaired) electrons. The second-order valence-electron chi connectivity index (χ2n) is 8.88. The summed E-state index contributed by atoms with van der Waals surface area (Å²) in [5.74, 6) is -5.05. The first-order valence-corrected chi connectivity index (χ1v) is 12.1. The molecule has 0 aliphatic rings. The monoisotopic (exact) mass is 560 g/mol. The summed E-state index contributed by atoms with van der Waals surface area (Å²) >= 11 is 0. The van der Waals surface area contributed by atoms with Gasteiger partial charge in [-0.05, 0) is 72.5 Å². The molecule has 4 aromatic rings. The van der Waals surface area contributed by atoms with Gasteiger partial charge in [-0.2, -0.15) is 8.78 Å². The summed E-state index contributed by atoms with van der Waals surface area (Å²) < 4.78 is 118. The van der Waals surface area contributed by atoms with Gasteiger partial charge in [-0.1, -0.05) is 37.3 Å². The maximum Gasteiger partial charge on any atom is 0.432 e. The van der Waals surface area contributed by atoms with Crippen LogP contribution < -0.4 is 4.74 Å². The van der Waals surface area contributed by atoms with Gasteiger partial charge in [0, 0.05) is 22.8 Å². The molecular weight excluding hydrogens is 540 g/mol. The van der Waals surface area contributed by atoms with Gasteiger partial charge in [0.15, 0.2) is 17.5 Å². The van der Waals surface area contributed by atoms with E-state index in [9.17, 15) is 35.1 Å². The van der Waals surface area contributed by atoms with E-state index >= 15 is 0 Å². The highest BCUT2D eigenvalue weighted by Crippen LogP contribution is 2.37. The lowest BCUT2D eigenvalue weighted by atomic mass is 10.0. The van der Waals surface area contributed by atoms with Gasteiger partial charge >= 0.3 is 6.11 Å². The molecule has 0 aliphatic heterocycles. The molecule has 0 unspecified atom stereocenters. The number of rotatable bonds is 7. The van der Waals surface area contributed by atoms with Crippen LogP contribution in [0.25, 0.3) is 11.1 Å². The van der Waals surface area contributed by atoms with Crippen LogP contribution in [0, 0.1) is 46.7 Å². The number of benzene rings is 4. The molecule has 0 saturated heterocycles. The highest BCUT2D eigenvalue weighted by molar-refractivity contribution is 5.65. The molecule has 40 heavy (non-hydrogen) atoms. The highest BCUT2D eigenvalue weighted by Gasteiger charge is 2.41. The number of alkyl halides is 2. The second kappa shape index (κ2) is 11.8. The highest BCUT2D eigenvalue weighted by atomic mass is 19.3. The van der Waals surface area contributed by atoms with E-state index < -0.39 is 63.5 Å². The molecule has 0 aromatic heterocycles. The van der Waals surface area contributed by atoms with Crippen molar-refractivity contribution >= 4 is 0 Å². The molecule has 9 heteroatoms. The average Bonchev–Trinajstić information content (AvgIpc) is 2.89. The smallest absolute Gasteiger partial charge is 0.429 e. The third kappa shape index (κ3) is 6.45. The van der Waals surface area contributed by atoms with Crippen LogP contribution in [-0.4, -0.2) is 0 Å². The fourth-order valence-electron chi connectivity index (χ4n) is 3.91. The topological polar surface area (TPSA) is 9.23 Å². The summed E-state index contributed by atoms with van der Waals surface area (Å²) in [6, 6.07) is 11.6. The van der Waals surface area contributed by atoms with E-state index in [1.54, 1.807) is 12.1 Å². The van der Waals surface area contributed by atoms with Crippen LogP contribution in [0.15, 0.2) is 66.7 Å². The minimum absolute atomic E-state index is 0.196. The summed E-state index contributed by atoms with van der Waals surface area (Å²) in [7, 11) is 0. The first kappa shape index (κ1) is 28.7. The molecule has 4 rings (SSSR count). The summed E-state index contributed by atoms with van der Waals surface area (Å²) in [6.07, 6.45) is -1.59. The SMILES string of the molecule is CCCCc1ccc(C#Cc2cc(F)c(C(F)(F)Oc3ccc(-c4cc(F)c(F)c(F)c4)c(F)c3)c(F)c2)cc1. The Morgan fingerprint density at radius 3 is 1.85 bits per heavy atom. The number of aryl methyl sites for hydroxylation is 1. The fourth-order valence-corrected chi connectivity index (χ4v) is 3.91. The van der Waals surface area contributed by atoms with Crippen molar-refractivity contribution in [3.05, 3.63) is 124 Å². The van der Waals surface area contributed by atoms with E-state index in [4.69, 9.17) is 0 Å². The normalized spacial score (nSPS) is 11.2. The van der Waals surface area contributed by atoms with Crippen LogP contribution >= 0.6 is 0 Å². The van der Waals surface area contributed by atoms with Crippen LogP contribution in [0.5, 0.6) is 5.75 Å². The van der Waals surface area contributed by atoms with Crippen molar-refractivity contribution in [2.24, 2.45) is 0 Å². The van der Waals surface area contributed by atoms with Crippen molar-refractivity contribution in [2.75, 3.05) is 0 Å². The van der Waals surface area contributed by atoms with Gasteiger partial charge in [0.1, 0.15) is 28.8 Å². The molecule has 0 N–H and O–H groups in total. The Labute approximate surface area is 225 Å². The lowest BCUT2D eigenvalue weighted by molar-refractivity contribution is -0.189. The Hall–Kier alpha value is -4.32. The van der Waals surface area contributed by atoms with E-state index in [-0.39, 0.29) is 5.56 Å². The van der Waals surface area contributed by atoms with Gasteiger partial charge in [0.25, 0.3) is 0 Å². The maximum absolute atomic E-state index is 14.8. The molecule has 0 heterocycles. The lowest BCUT2D eigenvalue weighted by Crippen LogP contribution is -2.25. The fraction of sp³-hybridized carbons (Fsp3) is 0.161. The van der Waals surface area contributed by atoms with Gasteiger partial charge < -0.3 is 4.74 Å². The Morgan fingerprint density at radius 2 is 1.27 bits per heavy atom. The van der Waals surface area contributed by atoms with Gasteiger partial charge in [0.05, 0.1) is 0 Å². The third-order valence-electron chi connectivity index (χ3n) is 5.94. The van der Waals surface area contributed by atoms with Crippen molar-refractivity contribution in [3.63, 3.8) is 0 Å². The van der Waals surface area contributed by atoms with E-state index in [1.807, 2.05) is 12.1 Å². The number of ether oxygens (including phenoxy) is 1. The Kier molecular flexibility index (Phi) is 8.48. The Morgan fingerprint density at radius 1 is 0.675 bits per heavy atom. The molecule has 206 valence electrons. The quantitative estimate of drug-likeness (QED) is 0.125. The van der Waals surface area contributed by atoms with Gasteiger partial charge in [0.2, 0.25) is 0 Å². The van der Waals surface area contributed by atoms with Gasteiger partial charge in [-0.15, -0.1) is 0 Å². The summed E-state index contributed by atoms with van der Waals surface area (Å²) in [5, 5.41) is 0. The molecule has 0 aliphatic carbocycles. The number of unbranched alkanes of at least 4 members (excludes halogenated alkanes) is 1. The van der Waals surface area contributed by atoms with Crippen molar-refractivity contribution in [3.8, 4) is 28.7 Å². The zero-order chi connectivity index (χ0) is 29.0. The minimum Gasteiger partial charge on any atom is -0.429 e. The van der Waals surface area contributed by atoms with E-state index in [0.29, 0.717) is 35.9 Å². The number of hydrogen-bond acceptors (Lipinski definition) is 1. The standard InChI is InChI=1S/C31H20F8O/c1-2-3-4-18-5-7-19(8-6-18)9-10-20-13-25(33)29(26(34)14-20)31(38,39)40-22-11-12-23(24(32)17-22)21-15-27(35)30(37)28(36)16-21/h5-8,11-17H,2-4H2,1H3. The number of hydrogen-bond donors (Lipinski definition) is 0. The summed E-state index contributed by atoms with van der Waals surface area (Å²) in [4.78, 5) is 0.